The zero-order valence-electron chi connectivity index (χ0n) is 21.1. The zero-order chi connectivity index (χ0) is 28.7. The van der Waals surface area contributed by atoms with Gasteiger partial charge in [-0.2, -0.15) is 18.2 Å². The van der Waals surface area contributed by atoms with Gasteiger partial charge in [-0.1, -0.05) is 59.9 Å². The molecule has 14 heteroatoms. The summed E-state index contributed by atoms with van der Waals surface area (Å²) in [5.74, 6) is -1.47. The van der Waals surface area contributed by atoms with Gasteiger partial charge in [-0.05, 0) is 25.3 Å². The Bertz CT molecular complexity index is 1410. The van der Waals surface area contributed by atoms with Crippen LogP contribution in [0.5, 0.6) is 0 Å². The number of aromatic nitrogens is 1. The van der Waals surface area contributed by atoms with Gasteiger partial charge in [0.2, 0.25) is 17.1 Å². The number of carbonyl (C=O) groups excluding carboxylic acids is 1. The number of alkyl halides is 3. The lowest BCUT2D eigenvalue weighted by molar-refractivity contribution is -0.137. The third-order valence-corrected chi connectivity index (χ3v) is 6.55. The molecule has 1 amide bonds. The Morgan fingerprint density at radius 2 is 1.77 bits per heavy atom. The Labute approximate surface area is 231 Å². The molecular formula is C26H26F3N7O3S. The SMILES string of the molecule is C1CCOCC1.N=C(O/C(N)=N/C1N=C(c2ccccc2)c2ccccc2NC1=O)c1nc(C(F)(F)F)sc1N. The highest BCUT2D eigenvalue weighted by Gasteiger charge is 2.36. The van der Waals surface area contributed by atoms with E-state index in [1.165, 1.54) is 19.3 Å². The molecule has 5 rings (SSSR count). The maximum Gasteiger partial charge on any atom is 0.443 e. The van der Waals surface area contributed by atoms with Gasteiger partial charge in [-0.15, -0.1) is 0 Å². The van der Waals surface area contributed by atoms with E-state index in [4.69, 9.17) is 26.4 Å². The largest absolute Gasteiger partial charge is 0.443 e. The van der Waals surface area contributed by atoms with Crippen molar-refractivity contribution in [2.24, 2.45) is 15.7 Å². The van der Waals surface area contributed by atoms with E-state index in [1.807, 2.05) is 30.3 Å². The average molecular weight is 574 g/mol. The van der Waals surface area contributed by atoms with Gasteiger partial charge < -0.3 is 26.3 Å². The molecule has 1 aromatic heterocycles. The first-order chi connectivity index (χ1) is 19.1. The number of amides is 1. The predicted octanol–water partition coefficient (Wildman–Crippen LogP) is 4.40. The van der Waals surface area contributed by atoms with Gasteiger partial charge in [0.25, 0.3) is 11.9 Å². The molecule has 40 heavy (non-hydrogen) atoms. The van der Waals surface area contributed by atoms with E-state index in [0.29, 0.717) is 22.5 Å². The number of halogens is 3. The number of hydrogen-bond acceptors (Lipinski definition) is 9. The number of thiazole rings is 1. The van der Waals surface area contributed by atoms with E-state index in [0.717, 1.165) is 13.2 Å². The van der Waals surface area contributed by atoms with Gasteiger partial charge >= 0.3 is 6.18 Å². The Morgan fingerprint density at radius 3 is 2.38 bits per heavy atom. The number of ether oxygens (including phenoxy) is 2. The third-order valence-electron chi connectivity index (χ3n) is 5.62. The van der Waals surface area contributed by atoms with Gasteiger partial charge in [0.15, 0.2) is 5.69 Å². The molecular weight excluding hydrogens is 547 g/mol. The molecule has 1 saturated heterocycles. The molecule has 0 bridgehead atoms. The number of benzene rings is 2. The topological polar surface area (TPSA) is 161 Å². The smallest absolute Gasteiger partial charge is 0.405 e. The number of rotatable bonds is 3. The fourth-order valence-electron chi connectivity index (χ4n) is 3.76. The fraction of sp³-hybridized carbons (Fsp3) is 0.269. The lowest BCUT2D eigenvalue weighted by Crippen LogP contribution is -2.29. The van der Waals surface area contributed by atoms with E-state index >= 15 is 0 Å². The Balaban J connectivity index is 0.000000546. The highest BCUT2D eigenvalue weighted by Crippen LogP contribution is 2.35. The number of nitrogens with zero attached hydrogens (tertiary/aromatic N) is 3. The number of nitrogens with one attached hydrogen (secondary N) is 2. The van der Waals surface area contributed by atoms with Crippen molar-refractivity contribution in [2.75, 3.05) is 24.3 Å². The summed E-state index contributed by atoms with van der Waals surface area (Å²) >= 11 is 0.161. The molecule has 0 aliphatic carbocycles. The van der Waals surface area contributed by atoms with Crippen LogP contribution in [-0.4, -0.2) is 47.9 Å². The average Bonchev–Trinajstić information content (AvgIpc) is 3.29. The second-order valence-electron chi connectivity index (χ2n) is 8.55. The van der Waals surface area contributed by atoms with Crippen LogP contribution in [0.1, 0.15) is 41.1 Å². The summed E-state index contributed by atoms with van der Waals surface area (Å²) in [6, 6.07) is 15.4. The monoisotopic (exact) mass is 573 g/mol. The number of fused-ring (bicyclic) bond motifs is 1. The van der Waals surface area contributed by atoms with Crippen LogP contribution >= 0.6 is 11.3 Å². The Hall–Kier alpha value is -4.30. The van der Waals surface area contributed by atoms with E-state index < -0.39 is 40.9 Å². The highest BCUT2D eigenvalue weighted by atomic mass is 32.1. The summed E-state index contributed by atoms with van der Waals surface area (Å²) in [6.07, 6.45) is -2.19. The van der Waals surface area contributed by atoms with Crippen molar-refractivity contribution in [2.45, 2.75) is 31.6 Å². The standard InChI is InChI=1S/C21H16F3N7O2S.C5H10O/c22-21(23,24)19-30-14(16(26)34-19)15(25)33-20(27)31-17-18(32)28-12-9-5-4-8-11(12)13(29-17)10-6-2-1-3-7-10;1-2-4-6-5-3-1/h1-9,17,25H,26H2,(H2,27,31)(H,28,32);1-5H2. The van der Waals surface area contributed by atoms with Crippen molar-refractivity contribution >= 4 is 45.6 Å². The maximum atomic E-state index is 12.9. The third kappa shape index (κ3) is 7.21. The molecule has 1 atom stereocenters. The lowest BCUT2D eigenvalue weighted by Gasteiger charge is -2.09. The number of anilines is 2. The summed E-state index contributed by atoms with van der Waals surface area (Å²) in [6.45, 7) is 2.00. The number of para-hydroxylation sites is 1. The summed E-state index contributed by atoms with van der Waals surface area (Å²) in [4.78, 5) is 24.4. The molecule has 2 aliphatic heterocycles. The van der Waals surface area contributed by atoms with Gasteiger partial charge in [0.1, 0.15) is 5.00 Å². The minimum Gasteiger partial charge on any atom is -0.405 e. The molecule has 3 aromatic rings. The van der Waals surface area contributed by atoms with Gasteiger partial charge in [0.05, 0.1) is 11.4 Å². The van der Waals surface area contributed by atoms with Gasteiger partial charge in [0, 0.05) is 24.3 Å². The van der Waals surface area contributed by atoms with Crippen LogP contribution in [0.15, 0.2) is 64.6 Å². The summed E-state index contributed by atoms with van der Waals surface area (Å²) in [7, 11) is 0. The molecule has 1 fully saturated rings. The number of carbonyl (C=O) groups is 1. The zero-order valence-corrected chi connectivity index (χ0v) is 21.9. The first kappa shape index (κ1) is 28.7. The van der Waals surface area contributed by atoms with E-state index in [2.05, 4.69) is 20.3 Å². The van der Waals surface area contributed by atoms with Crippen LogP contribution in [0.2, 0.25) is 0 Å². The number of amidine groups is 1. The Kier molecular flexibility index (Phi) is 9.11. The number of benzodiazepines with no additional fused rings is 1. The fourth-order valence-corrected chi connectivity index (χ4v) is 4.46. The van der Waals surface area contributed by atoms with Crippen molar-refractivity contribution in [3.63, 3.8) is 0 Å². The second kappa shape index (κ2) is 12.7. The molecule has 1 unspecified atom stereocenters. The van der Waals surface area contributed by atoms with Crippen LogP contribution in [0.3, 0.4) is 0 Å². The Morgan fingerprint density at radius 1 is 1.10 bits per heavy atom. The number of aliphatic imine (C=N–C) groups is 2. The molecule has 210 valence electrons. The van der Waals surface area contributed by atoms with Crippen molar-refractivity contribution in [1.82, 2.24) is 4.98 Å². The maximum absolute atomic E-state index is 12.9. The molecule has 6 N–H and O–H groups in total. The summed E-state index contributed by atoms with van der Waals surface area (Å²) < 4.78 is 48.7. The number of nitrogens with two attached hydrogens (primary N) is 2. The predicted molar refractivity (Wildman–Crippen MR) is 147 cm³/mol. The summed E-state index contributed by atoms with van der Waals surface area (Å²) in [5, 5.41) is 8.99. The molecule has 10 nitrogen and oxygen atoms in total. The first-order valence-electron chi connectivity index (χ1n) is 12.2. The van der Waals surface area contributed by atoms with Crippen LogP contribution in [-0.2, 0) is 20.4 Å². The number of hydrogen-bond donors (Lipinski definition) is 4. The minimum absolute atomic E-state index is 0.161. The van der Waals surface area contributed by atoms with Crippen LogP contribution < -0.4 is 16.8 Å². The van der Waals surface area contributed by atoms with E-state index in [1.54, 1.807) is 24.3 Å². The van der Waals surface area contributed by atoms with Crippen molar-refractivity contribution < 1.29 is 27.4 Å². The van der Waals surface area contributed by atoms with Crippen LogP contribution in [0.4, 0.5) is 23.9 Å². The first-order valence-corrected chi connectivity index (χ1v) is 13.0. The van der Waals surface area contributed by atoms with Crippen molar-refractivity contribution in [1.29, 1.82) is 5.41 Å². The van der Waals surface area contributed by atoms with Crippen LogP contribution in [0.25, 0.3) is 0 Å². The quantitative estimate of drug-likeness (QED) is 0.268. The second-order valence-corrected chi connectivity index (χ2v) is 9.58. The van der Waals surface area contributed by atoms with Crippen molar-refractivity contribution in [3.8, 4) is 0 Å². The summed E-state index contributed by atoms with van der Waals surface area (Å²) in [5.41, 5.74) is 13.1. The van der Waals surface area contributed by atoms with Crippen molar-refractivity contribution in [3.05, 3.63) is 76.4 Å². The normalized spacial score (nSPS) is 17.4. The number of nitrogen functional groups attached to an aromatic ring is 1. The molecule has 0 saturated carbocycles. The van der Waals surface area contributed by atoms with E-state index in [-0.39, 0.29) is 16.3 Å². The van der Waals surface area contributed by atoms with Gasteiger partial charge in [-0.3, -0.25) is 10.2 Å². The molecule has 3 heterocycles. The molecule has 0 radical (unpaired) electrons. The molecule has 0 spiro atoms. The molecule has 2 aliphatic rings. The van der Waals surface area contributed by atoms with Crippen LogP contribution in [0, 0.1) is 5.41 Å². The molecule has 2 aromatic carbocycles. The highest BCUT2D eigenvalue weighted by molar-refractivity contribution is 7.16. The minimum atomic E-state index is -4.73. The van der Waals surface area contributed by atoms with E-state index in [9.17, 15) is 18.0 Å². The lowest BCUT2D eigenvalue weighted by atomic mass is 10.0. The van der Waals surface area contributed by atoms with Gasteiger partial charge in [-0.25, -0.2) is 9.98 Å².